The Morgan fingerprint density at radius 3 is 2.88 bits per heavy atom. The summed E-state index contributed by atoms with van der Waals surface area (Å²) in [6.07, 6.45) is 4.85. The minimum absolute atomic E-state index is 0.463. The molecule has 2 aromatic rings. The van der Waals surface area contributed by atoms with E-state index in [-0.39, 0.29) is 0 Å². The van der Waals surface area contributed by atoms with Crippen LogP contribution in [0.25, 0.3) is 0 Å². The van der Waals surface area contributed by atoms with Crippen LogP contribution in [0.3, 0.4) is 0 Å². The van der Waals surface area contributed by atoms with Crippen molar-refractivity contribution in [3.05, 3.63) is 23.7 Å². The first-order valence-corrected chi connectivity index (χ1v) is 5.66. The average Bonchev–Trinajstić information content (AvgIpc) is 2.90. The summed E-state index contributed by atoms with van der Waals surface area (Å²) in [7, 11) is 0. The maximum absolute atomic E-state index is 5.43. The smallest absolute Gasteiger partial charge is 0.237 e. The number of hydrogen-bond donors (Lipinski definition) is 1. The van der Waals surface area contributed by atoms with Gasteiger partial charge in [-0.15, -0.1) is 15.3 Å². The van der Waals surface area contributed by atoms with Crippen molar-refractivity contribution in [3.63, 3.8) is 0 Å². The summed E-state index contributed by atoms with van der Waals surface area (Å²) in [5, 5.41) is 15.7. The maximum atomic E-state index is 5.43. The second-order valence-electron chi connectivity index (χ2n) is 3.87. The van der Waals surface area contributed by atoms with Gasteiger partial charge in [0.1, 0.15) is 6.54 Å². The number of unbranched alkanes of at least 4 members (excludes halogenated alkanes) is 1. The highest BCUT2D eigenvalue weighted by atomic mass is 16.4. The highest BCUT2D eigenvalue weighted by Gasteiger charge is 2.06. The topological polar surface area (TPSA) is 95.7 Å². The zero-order chi connectivity index (χ0) is 12.1. The molecule has 2 heterocycles. The van der Waals surface area contributed by atoms with Gasteiger partial charge in [0.05, 0.1) is 5.69 Å². The lowest BCUT2D eigenvalue weighted by molar-refractivity contribution is 0.441. The number of rotatable bonds is 6. The normalized spacial score (nSPS) is 10.9. The lowest BCUT2D eigenvalue weighted by atomic mass is 10.2. The number of aromatic nitrogens is 5. The van der Waals surface area contributed by atoms with Gasteiger partial charge in [0.25, 0.3) is 0 Å². The Morgan fingerprint density at radius 2 is 2.18 bits per heavy atom. The molecule has 2 rings (SSSR count). The molecule has 0 spiro atoms. The molecule has 7 nitrogen and oxygen atoms in total. The Balaban J connectivity index is 1.89. The van der Waals surface area contributed by atoms with E-state index in [1.54, 1.807) is 11.6 Å². The van der Waals surface area contributed by atoms with E-state index in [0.717, 1.165) is 31.5 Å². The van der Waals surface area contributed by atoms with Gasteiger partial charge in [-0.25, -0.2) is 4.68 Å². The molecule has 0 saturated heterocycles. The van der Waals surface area contributed by atoms with Gasteiger partial charge >= 0.3 is 0 Å². The molecule has 0 aromatic carbocycles. The molecule has 2 aromatic heterocycles. The van der Waals surface area contributed by atoms with Crippen LogP contribution >= 0.6 is 0 Å². The first kappa shape index (κ1) is 11.7. The van der Waals surface area contributed by atoms with Gasteiger partial charge in [0.2, 0.25) is 11.8 Å². The van der Waals surface area contributed by atoms with Crippen molar-refractivity contribution in [1.82, 2.24) is 25.2 Å². The van der Waals surface area contributed by atoms with Crippen LogP contribution in [-0.4, -0.2) is 31.7 Å². The average molecular weight is 236 g/mol. The third kappa shape index (κ3) is 3.35. The molecule has 0 aliphatic carbocycles. The van der Waals surface area contributed by atoms with E-state index >= 15 is 0 Å². The molecule has 0 aliphatic rings. The number of hydrogen-bond acceptors (Lipinski definition) is 6. The molecule has 92 valence electrons. The minimum atomic E-state index is 0.463. The van der Waals surface area contributed by atoms with E-state index in [9.17, 15) is 0 Å². The van der Waals surface area contributed by atoms with Crippen molar-refractivity contribution in [2.45, 2.75) is 32.7 Å². The van der Waals surface area contributed by atoms with Crippen LogP contribution in [0.5, 0.6) is 0 Å². The van der Waals surface area contributed by atoms with Crippen molar-refractivity contribution in [2.24, 2.45) is 5.73 Å². The lowest BCUT2D eigenvalue weighted by Gasteiger charge is -1.94. The van der Waals surface area contributed by atoms with Crippen molar-refractivity contribution in [2.75, 3.05) is 6.54 Å². The van der Waals surface area contributed by atoms with Gasteiger partial charge in [-0.05, 0) is 25.8 Å². The van der Waals surface area contributed by atoms with E-state index in [4.69, 9.17) is 10.2 Å². The number of aryl methyl sites for hydroxylation is 2. The summed E-state index contributed by atoms with van der Waals surface area (Å²) in [6.45, 7) is 2.94. The molecule has 0 unspecified atom stereocenters. The van der Waals surface area contributed by atoms with Crippen LogP contribution in [0, 0.1) is 6.92 Å². The molecule has 0 amide bonds. The SMILES string of the molecule is Cc1nnc(Cn2cc(CCCCN)nn2)o1. The third-order valence-corrected chi connectivity index (χ3v) is 2.34. The molecule has 7 heteroatoms. The fraction of sp³-hybridized carbons (Fsp3) is 0.600. The van der Waals surface area contributed by atoms with Gasteiger partial charge in [0, 0.05) is 13.1 Å². The third-order valence-electron chi connectivity index (χ3n) is 2.34. The summed E-state index contributed by atoms with van der Waals surface area (Å²) < 4.78 is 6.97. The second kappa shape index (κ2) is 5.53. The van der Waals surface area contributed by atoms with Crippen LogP contribution in [0.2, 0.25) is 0 Å². The predicted octanol–water partition coefficient (Wildman–Crippen LogP) is 0.299. The molecular weight excluding hydrogens is 220 g/mol. The predicted molar refractivity (Wildman–Crippen MR) is 60.2 cm³/mol. The maximum Gasteiger partial charge on any atom is 0.237 e. The van der Waals surface area contributed by atoms with Gasteiger partial charge in [0.15, 0.2) is 0 Å². The standard InChI is InChI=1S/C10H16N6O/c1-8-12-14-10(17-8)7-16-6-9(13-15-16)4-2-3-5-11/h6H,2-5,7,11H2,1H3. The number of nitrogens with zero attached hydrogens (tertiary/aromatic N) is 5. The zero-order valence-electron chi connectivity index (χ0n) is 9.83. The highest BCUT2D eigenvalue weighted by Crippen LogP contribution is 2.03. The largest absolute Gasteiger partial charge is 0.424 e. The summed E-state index contributed by atoms with van der Waals surface area (Å²) in [5.41, 5.74) is 6.40. The quantitative estimate of drug-likeness (QED) is 0.725. The van der Waals surface area contributed by atoms with E-state index < -0.39 is 0 Å². The fourth-order valence-electron chi connectivity index (χ4n) is 1.52. The van der Waals surface area contributed by atoms with Crippen LogP contribution in [-0.2, 0) is 13.0 Å². The minimum Gasteiger partial charge on any atom is -0.424 e. The molecule has 0 saturated carbocycles. The Bertz CT molecular complexity index is 463. The lowest BCUT2D eigenvalue weighted by Crippen LogP contribution is -2.00. The molecule has 0 bridgehead atoms. The van der Waals surface area contributed by atoms with Crippen molar-refractivity contribution < 1.29 is 4.42 Å². The summed E-state index contributed by atoms with van der Waals surface area (Å²) in [6, 6.07) is 0. The summed E-state index contributed by atoms with van der Waals surface area (Å²) >= 11 is 0. The van der Waals surface area contributed by atoms with Crippen molar-refractivity contribution in [1.29, 1.82) is 0 Å². The van der Waals surface area contributed by atoms with E-state index in [0.29, 0.717) is 18.3 Å². The molecule has 0 atom stereocenters. The highest BCUT2D eigenvalue weighted by molar-refractivity contribution is 4.93. The monoisotopic (exact) mass is 236 g/mol. The Hall–Kier alpha value is -1.76. The molecule has 2 N–H and O–H groups in total. The Morgan fingerprint density at radius 1 is 1.29 bits per heavy atom. The summed E-state index contributed by atoms with van der Waals surface area (Å²) in [4.78, 5) is 0. The molecule has 0 fully saturated rings. The van der Waals surface area contributed by atoms with Crippen LogP contribution in [0.15, 0.2) is 10.6 Å². The van der Waals surface area contributed by atoms with Crippen LogP contribution in [0.1, 0.15) is 30.3 Å². The Labute approximate surface area is 99.0 Å². The second-order valence-corrected chi connectivity index (χ2v) is 3.87. The van der Waals surface area contributed by atoms with E-state index in [1.807, 2.05) is 6.20 Å². The molecular formula is C10H16N6O. The van der Waals surface area contributed by atoms with Gasteiger partial charge in [-0.2, -0.15) is 0 Å². The van der Waals surface area contributed by atoms with E-state index in [1.165, 1.54) is 0 Å². The van der Waals surface area contributed by atoms with Crippen LogP contribution in [0.4, 0.5) is 0 Å². The summed E-state index contributed by atoms with van der Waals surface area (Å²) in [5.74, 6) is 1.10. The number of nitrogens with two attached hydrogens (primary N) is 1. The molecule has 17 heavy (non-hydrogen) atoms. The first-order chi connectivity index (χ1) is 8.28. The van der Waals surface area contributed by atoms with Crippen molar-refractivity contribution in [3.8, 4) is 0 Å². The van der Waals surface area contributed by atoms with Gasteiger partial charge in [-0.1, -0.05) is 5.21 Å². The first-order valence-electron chi connectivity index (χ1n) is 5.66. The molecule has 0 radical (unpaired) electrons. The van der Waals surface area contributed by atoms with Gasteiger partial charge < -0.3 is 10.2 Å². The zero-order valence-corrected chi connectivity index (χ0v) is 9.83. The molecule has 0 aliphatic heterocycles. The van der Waals surface area contributed by atoms with E-state index in [2.05, 4.69) is 20.5 Å². The fourth-order valence-corrected chi connectivity index (χ4v) is 1.52. The van der Waals surface area contributed by atoms with Gasteiger partial charge in [-0.3, -0.25) is 0 Å². The van der Waals surface area contributed by atoms with Crippen LogP contribution < -0.4 is 5.73 Å². The van der Waals surface area contributed by atoms with Crippen molar-refractivity contribution >= 4 is 0 Å². The Kier molecular flexibility index (Phi) is 3.81.